The van der Waals surface area contributed by atoms with Crippen LogP contribution in [-0.4, -0.2) is 60.1 Å². The van der Waals surface area contributed by atoms with Gasteiger partial charge >= 0.3 is 5.97 Å². The maximum absolute atomic E-state index is 14.2. The molecule has 0 spiro atoms. The first-order chi connectivity index (χ1) is 17.5. The molecule has 3 aliphatic heterocycles. The second-order valence-corrected chi connectivity index (χ2v) is 9.63. The lowest BCUT2D eigenvalue weighted by molar-refractivity contribution is -0.136. The van der Waals surface area contributed by atoms with Crippen molar-refractivity contribution < 1.29 is 18.7 Å². The van der Waals surface area contributed by atoms with Crippen molar-refractivity contribution in [1.82, 2.24) is 9.80 Å². The summed E-state index contributed by atoms with van der Waals surface area (Å²) in [6.45, 7) is 3.98. The van der Waals surface area contributed by atoms with Crippen LogP contribution in [0.25, 0.3) is 0 Å². The number of carbonyl (C=O) groups excluding carboxylic acids is 2. The van der Waals surface area contributed by atoms with E-state index in [0.717, 1.165) is 16.4 Å². The lowest BCUT2D eigenvalue weighted by atomic mass is 9.94. The molecule has 0 aliphatic carbocycles. The topological polar surface area (TPSA) is 65.5 Å². The summed E-state index contributed by atoms with van der Waals surface area (Å²) in [7, 11) is 1.36. The molecule has 0 aromatic heterocycles. The summed E-state index contributed by atoms with van der Waals surface area (Å²) >= 11 is 1.45. The van der Waals surface area contributed by atoms with Gasteiger partial charge in [-0.3, -0.25) is 4.79 Å². The Kier molecular flexibility index (Phi) is 6.82. The van der Waals surface area contributed by atoms with Crippen molar-refractivity contribution in [3.05, 3.63) is 88.4 Å². The lowest BCUT2D eigenvalue weighted by Gasteiger charge is -2.38. The zero-order chi connectivity index (χ0) is 25.2. The van der Waals surface area contributed by atoms with E-state index in [9.17, 15) is 14.0 Å². The molecule has 186 valence electrons. The van der Waals surface area contributed by atoms with E-state index in [-0.39, 0.29) is 18.1 Å². The molecule has 0 N–H and O–H groups in total. The van der Waals surface area contributed by atoms with Gasteiger partial charge in [0.25, 0.3) is 0 Å². The summed E-state index contributed by atoms with van der Waals surface area (Å²) in [6, 6.07) is 16.0. The van der Waals surface area contributed by atoms with Crippen LogP contribution in [0.5, 0.6) is 0 Å². The predicted octanol–water partition coefficient (Wildman–Crippen LogP) is 4.31. The van der Waals surface area contributed by atoms with Crippen LogP contribution in [0.4, 0.5) is 10.1 Å². The minimum Gasteiger partial charge on any atom is -0.466 e. The van der Waals surface area contributed by atoms with Crippen LogP contribution in [0.15, 0.2) is 82.0 Å². The van der Waals surface area contributed by atoms with Gasteiger partial charge in [-0.05, 0) is 30.0 Å². The molecule has 7 nitrogen and oxygen atoms in total. The fraction of sp³-hybridized carbons (Fsp3) is 0.296. The number of thioether (sulfide) groups is 1. The van der Waals surface area contributed by atoms with E-state index in [1.165, 1.54) is 24.9 Å². The number of hydrogen-bond donors (Lipinski definition) is 0. The minimum atomic E-state index is -0.434. The molecule has 0 unspecified atom stereocenters. The number of hydrogen-bond acceptors (Lipinski definition) is 7. The second-order valence-electron chi connectivity index (χ2n) is 8.79. The van der Waals surface area contributed by atoms with Gasteiger partial charge in [-0.2, -0.15) is 0 Å². The van der Waals surface area contributed by atoms with Crippen molar-refractivity contribution >= 4 is 34.5 Å². The third kappa shape index (κ3) is 4.51. The normalized spacial score (nSPS) is 19.6. The number of benzene rings is 2. The number of para-hydroxylation sites is 1. The van der Waals surface area contributed by atoms with Crippen LogP contribution in [0.2, 0.25) is 0 Å². The molecule has 0 bridgehead atoms. The number of rotatable bonds is 5. The van der Waals surface area contributed by atoms with Crippen LogP contribution >= 0.6 is 11.8 Å². The first kappa shape index (κ1) is 24.1. The number of carbonyl (C=O) groups is 2. The van der Waals surface area contributed by atoms with Crippen LogP contribution in [0.3, 0.4) is 0 Å². The van der Waals surface area contributed by atoms with E-state index in [0.29, 0.717) is 43.1 Å². The maximum atomic E-state index is 14.2. The average molecular weight is 507 g/mol. The molecular formula is C27H27FN4O3S. The van der Waals surface area contributed by atoms with Crippen molar-refractivity contribution in [3.63, 3.8) is 0 Å². The number of esters is 1. The van der Waals surface area contributed by atoms with Gasteiger partial charge in [-0.25, -0.2) is 14.2 Å². The number of amidine groups is 1. The first-order valence-corrected chi connectivity index (χ1v) is 12.7. The van der Waals surface area contributed by atoms with Crippen molar-refractivity contribution in [1.29, 1.82) is 0 Å². The number of fused-ring (bicyclic) bond motifs is 1. The molecule has 3 aliphatic rings. The number of allylic oxidation sites excluding steroid dienone is 1. The third-order valence-electron chi connectivity index (χ3n) is 6.68. The predicted molar refractivity (Wildman–Crippen MR) is 139 cm³/mol. The SMILES string of the molecule is COC(=O)C1=C(C)N=C2SC=C(CC(=O)N3CCN(c4ccccc4F)CC3)N2[C@@H]1c1ccccc1. The Labute approximate surface area is 213 Å². The molecule has 3 heterocycles. The summed E-state index contributed by atoms with van der Waals surface area (Å²) < 4.78 is 19.3. The monoisotopic (exact) mass is 506 g/mol. The van der Waals surface area contributed by atoms with Gasteiger partial charge in [-0.1, -0.05) is 54.2 Å². The summed E-state index contributed by atoms with van der Waals surface area (Å²) in [5.74, 6) is -0.691. The van der Waals surface area contributed by atoms with Crippen molar-refractivity contribution in [2.24, 2.45) is 4.99 Å². The Morgan fingerprint density at radius 3 is 2.44 bits per heavy atom. The molecule has 1 atom stereocenters. The summed E-state index contributed by atoms with van der Waals surface area (Å²) in [6.07, 6.45) is 0.183. The van der Waals surface area contributed by atoms with Gasteiger partial charge in [0, 0.05) is 31.9 Å². The number of anilines is 1. The first-order valence-electron chi connectivity index (χ1n) is 11.8. The second kappa shape index (κ2) is 10.2. The minimum absolute atomic E-state index is 0.00557. The summed E-state index contributed by atoms with van der Waals surface area (Å²) in [5.41, 5.74) is 3.36. The standard InChI is InChI=1S/C27H27FN4O3S/c1-18-24(26(34)35-2)25(19-8-4-3-5-9-19)32-20(17-36-27(32)29-18)16-23(33)31-14-12-30(13-15-31)22-11-7-6-10-21(22)28/h3-11,17,25H,12-16H2,1-2H3/t25-/m1/s1. The van der Waals surface area contributed by atoms with Gasteiger partial charge in [0.05, 0.1) is 36.5 Å². The Morgan fingerprint density at radius 2 is 1.75 bits per heavy atom. The molecule has 0 saturated carbocycles. The number of halogens is 1. The number of piperazine rings is 1. The van der Waals surface area contributed by atoms with E-state index in [1.54, 1.807) is 12.1 Å². The molecule has 2 aromatic rings. The van der Waals surface area contributed by atoms with Gasteiger partial charge in [0.2, 0.25) is 5.91 Å². The number of aliphatic imine (C=N–C) groups is 1. The molecular weight excluding hydrogens is 479 g/mol. The van der Waals surface area contributed by atoms with E-state index in [2.05, 4.69) is 4.99 Å². The summed E-state index contributed by atoms with van der Waals surface area (Å²) in [4.78, 5) is 36.6. The Hall–Kier alpha value is -3.59. The fourth-order valence-electron chi connectivity index (χ4n) is 4.86. The lowest BCUT2D eigenvalue weighted by Crippen LogP contribution is -2.49. The highest BCUT2D eigenvalue weighted by atomic mass is 32.2. The van der Waals surface area contributed by atoms with Crippen LogP contribution in [-0.2, 0) is 14.3 Å². The highest BCUT2D eigenvalue weighted by molar-refractivity contribution is 8.16. The molecule has 5 rings (SSSR count). The van der Waals surface area contributed by atoms with E-state index < -0.39 is 12.0 Å². The maximum Gasteiger partial charge on any atom is 0.338 e. The third-order valence-corrected chi connectivity index (χ3v) is 7.57. The number of methoxy groups -OCH3 is 1. The van der Waals surface area contributed by atoms with Gasteiger partial charge in [-0.15, -0.1) is 0 Å². The Balaban J connectivity index is 1.33. The van der Waals surface area contributed by atoms with E-state index in [4.69, 9.17) is 4.74 Å². The average Bonchev–Trinajstić information content (AvgIpc) is 3.30. The van der Waals surface area contributed by atoms with Crippen molar-refractivity contribution in [3.8, 4) is 0 Å². The smallest absolute Gasteiger partial charge is 0.338 e. The molecule has 2 aromatic carbocycles. The van der Waals surface area contributed by atoms with Gasteiger partial charge < -0.3 is 19.4 Å². The summed E-state index contributed by atoms with van der Waals surface area (Å²) in [5, 5.41) is 2.68. The molecule has 0 radical (unpaired) electrons. The number of ether oxygens (including phenoxy) is 1. The van der Waals surface area contributed by atoms with Gasteiger partial charge in [0.1, 0.15) is 5.82 Å². The quantitative estimate of drug-likeness (QED) is 0.563. The Morgan fingerprint density at radius 1 is 1.06 bits per heavy atom. The van der Waals surface area contributed by atoms with E-state index in [1.807, 2.05) is 63.4 Å². The highest BCUT2D eigenvalue weighted by Crippen LogP contribution is 2.44. The number of amides is 1. The Bertz CT molecular complexity index is 1270. The van der Waals surface area contributed by atoms with Gasteiger partial charge in [0.15, 0.2) is 5.17 Å². The van der Waals surface area contributed by atoms with Crippen molar-refractivity contribution in [2.45, 2.75) is 19.4 Å². The van der Waals surface area contributed by atoms with E-state index >= 15 is 0 Å². The zero-order valence-electron chi connectivity index (χ0n) is 20.2. The fourth-order valence-corrected chi connectivity index (χ4v) is 5.83. The van der Waals surface area contributed by atoms with Crippen LogP contribution in [0.1, 0.15) is 24.9 Å². The van der Waals surface area contributed by atoms with Crippen molar-refractivity contribution in [2.75, 3.05) is 38.2 Å². The molecule has 1 amide bonds. The molecule has 36 heavy (non-hydrogen) atoms. The van der Waals surface area contributed by atoms with Crippen LogP contribution in [0, 0.1) is 5.82 Å². The zero-order valence-corrected chi connectivity index (χ0v) is 21.0. The molecule has 9 heteroatoms. The highest BCUT2D eigenvalue weighted by Gasteiger charge is 2.41. The molecule has 1 fully saturated rings. The number of nitrogens with zero attached hydrogens (tertiary/aromatic N) is 4. The van der Waals surface area contributed by atoms with Crippen LogP contribution < -0.4 is 4.90 Å². The largest absolute Gasteiger partial charge is 0.466 e. The molecule has 1 saturated heterocycles.